The Hall–Kier alpha value is -3.38. The summed E-state index contributed by atoms with van der Waals surface area (Å²) in [6.45, 7) is 0. The van der Waals surface area contributed by atoms with E-state index in [0.29, 0.717) is 21.6 Å². The maximum Gasteiger partial charge on any atom is 0.274 e. The number of nitrogens with one attached hydrogen (secondary N) is 1. The summed E-state index contributed by atoms with van der Waals surface area (Å²) in [7, 11) is 0. The van der Waals surface area contributed by atoms with Gasteiger partial charge in [0.15, 0.2) is 0 Å². The molecule has 0 fully saturated rings. The molecule has 2 unspecified atom stereocenters. The number of aromatic amines is 1. The summed E-state index contributed by atoms with van der Waals surface area (Å²) in [5, 5.41) is 0.681. The number of amides is 1. The number of hydrogen-bond donors (Lipinski definition) is 1. The van der Waals surface area contributed by atoms with Gasteiger partial charge in [0, 0.05) is 22.2 Å². The lowest BCUT2D eigenvalue weighted by Crippen LogP contribution is -2.23. The van der Waals surface area contributed by atoms with Crippen molar-refractivity contribution in [3.8, 4) is 0 Å². The first-order chi connectivity index (χ1) is 15.6. The molecule has 1 aliphatic carbocycles. The van der Waals surface area contributed by atoms with Gasteiger partial charge in [-0.25, -0.2) is 4.98 Å². The van der Waals surface area contributed by atoms with Gasteiger partial charge < -0.3 is 9.88 Å². The van der Waals surface area contributed by atoms with Crippen molar-refractivity contribution in [2.75, 3.05) is 4.90 Å². The Balaban J connectivity index is 1.47. The van der Waals surface area contributed by atoms with E-state index in [1.165, 1.54) is 0 Å². The fourth-order valence-electron chi connectivity index (χ4n) is 5.68. The largest absolute Gasteiger partial charge is 0.319 e. The summed E-state index contributed by atoms with van der Waals surface area (Å²) < 4.78 is 2.00. The van der Waals surface area contributed by atoms with E-state index < -0.39 is 0 Å². The van der Waals surface area contributed by atoms with Crippen LogP contribution in [0.25, 0.3) is 16.6 Å². The molecule has 2 aromatic carbocycles. The lowest BCUT2D eigenvalue weighted by Gasteiger charge is -2.18. The molecule has 0 saturated heterocycles. The van der Waals surface area contributed by atoms with E-state index in [9.17, 15) is 9.59 Å². The van der Waals surface area contributed by atoms with Gasteiger partial charge in [-0.2, -0.15) is 0 Å². The van der Waals surface area contributed by atoms with Crippen molar-refractivity contribution in [1.82, 2.24) is 14.4 Å². The number of H-pyrrole nitrogens is 1. The predicted octanol–water partition coefficient (Wildman–Crippen LogP) is 4.91. The van der Waals surface area contributed by atoms with E-state index in [-0.39, 0.29) is 23.4 Å². The average molecular weight is 443 g/mol. The van der Waals surface area contributed by atoms with Gasteiger partial charge in [0.05, 0.1) is 23.3 Å². The predicted molar refractivity (Wildman–Crippen MR) is 124 cm³/mol. The highest BCUT2D eigenvalue weighted by Gasteiger charge is 2.43. The van der Waals surface area contributed by atoms with E-state index in [1.54, 1.807) is 6.20 Å². The fourth-order valence-corrected chi connectivity index (χ4v) is 5.88. The molecule has 7 heteroatoms. The van der Waals surface area contributed by atoms with Crippen LogP contribution >= 0.6 is 11.6 Å². The van der Waals surface area contributed by atoms with Gasteiger partial charge in [-0.1, -0.05) is 23.8 Å². The van der Waals surface area contributed by atoms with E-state index in [0.717, 1.165) is 53.8 Å². The molecule has 0 bridgehead atoms. The Morgan fingerprint density at radius 3 is 2.84 bits per heavy atom. The number of carbonyl (C=O) groups is 1. The highest BCUT2D eigenvalue weighted by Crippen LogP contribution is 2.48. The number of anilines is 1. The maximum absolute atomic E-state index is 13.4. The molecule has 2 aliphatic heterocycles. The van der Waals surface area contributed by atoms with E-state index in [2.05, 4.69) is 28.2 Å². The van der Waals surface area contributed by atoms with Crippen LogP contribution in [0.4, 0.5) is 5.69 Å². The first kappa shape index (κ1) is 18.2. The molecule has 0 spiro atoms. The first-order valence-electron chi connectivity index (χ1n) is 10.9. The number of carbonyl (C=O) groups excluding carboxylic acids is 1. The number of aromatic nitrogens is 3. The molecule has 4 aromatic rings. The summed E-state index contributed by atoms with van der Waals surface area (Å²) in [5.74, 6) is 1.16. The fraction of sp³-hybridized carbons (Fsp3) is 0.240. The standard InChI is InChI=1S/C25H19ClN4O2/c26-15-6-7-19-14(8-15)9-20-16-11-21-18(10-17(16)25(32)30(19)20)28-24(31)22-12-27-23(29(21)22)13-4-2-1-3-5-13/h1-2,6-8,10-13,20H,3-5,9H2,(H,28,31). The van der Waals surface area contributed by atoms with Crippen LogP contribution < -0.4 is 10.5 Å². The van der Waals surface area contributed by atoms with Gasteiger partial charge in [-0.3, -0.25) is 14.0 Å². The Kier molecular flexibility index (Phi) is 3.60. The molecule has 7 rings (SSSR count). The molecule has 2 aromatic heterocycles. The molecule has 3 aliphatic rings. The third-order valence-electron chi connectivity index (χ3n) is 7.15. The highest BCUT2D eigenvalue weighted by molar-refractivity contribution is 6.30. The lowest BCUT2D eigenvalue weighted by atomic mass is 9.93. The second kappa shape index (κ2) is 6.33. The van der Waals surface area contributed by atoms with Gasteiger partial charge in [0.1, 0.15) is 11.3 Å². The Morgan fingerprint density at radius 1 is 1.09 bits per heavy atom. The van der Waals surface area contributed by atoms with Gasteiger partial charge in [-0.05, 0) is 67.1 Å². The molecule has 1 amide bonds. The minimum absolute atomic E-state index is 0.0304. The van der Waals surface area contributed by atoms with Crippen molar-refractivity contribution >= 4 is 39.7 Å². The van der Waals surface area contributed by atoms with Crippen molar-refractivity contribution in [1.29, 1.82) is 0 Å². The molecule has 158 valence electrons. The smallest absolute Gasteiger partial charge is 0.274 e. The lowest BCUT2D eigenvalue weighted by molar-refractivity contribution is 0.0993. The maximum atomic E-state index is 13.4. The second-order valence-electron chi connectivity index (χ2n) is 8.90. The van der Waals surface area contributed by atoms with Crippen LogP contribution in [-0.2, 0) is 6.42 Å². The van der Waals surface area contributed by atoms with Gasteiger partial charge in [0.25, 0.3) is 11.5 Å². The quantitative estimate of drug-likeness (QED) is 0.426. The monoisotopic (exact) mass is 442 g/mol. The number of allylic oxidation sites excluding steroid dienone is 2. The molecule has 2 atom stereocenters. The molecule has 0 radical (unpaired) electrons. The molecular weight excluding hydrogens is 424 g/mol. The number of hydrogen-bond acceptors (Lipinski definition) is 3. The Labute approximate surface area is 188 Å². The van der Waals surface area contributed by atoms with Crippen LogP contribution in [0.1, 0.15) is 58.5 Å². The topological polar surface area (TPSA) is 70.5 Å². The summed E-state index contributed by atoms with van der Waals surface area (Å²) in [4.78, 5) is 35.7. The van der Waals surface area contributed by atoms with Crippen LogP contribution in [0.15, 0.2) is 53.5 Å². The van der Waals surface area contributed by atoms with Gasteiger partial charge >= 0.3 is 0 Å². The van der Waals surface area contributed by atoms with Crippen LogP contribution in [0.2, 0.25) is 5.02 Å². The van der Waals surface area contributed by atoms with Crippen LogP contribution in [0.3, 0.4) is 0 Å². The van der Waals surface area contributed by atoms with Crippen molar-refractivity contribution in [3.63, 3.8) is 0 Å². The molecular formula is C25H19ClN4O2. The van der Waals surface area contributed by atoms with Crippen molar-refractivity contribution < 1.29 is 4.79 Å². The number of imidazole rings is 1. The normalized spacial score (nSPS) is 21.4. The zero-order chi connectivity index (χ0) is 21.6. The molecule has 1 N–H and O–H groups in total. The highest BCUT2D eigenvalue weighted by atomic mass is 35.5. The van der Waals surface area contributed by atoms with E-state index >= 15 is 0 Å². The molecule has 6 nitrogen and oxygen atoms in total. The zero-order valence-electron chi connectivity index (χ0n) is 17.1. The SMILES string of the molecule is O=C1c2cc3[nH]c(=O)c4cnc(C5CC=CCC5)n4c3cc2C2Cc3cc(Cl)ccc3N12. The molecule has 0 saturated carbocycles. The summed E-state index contributed by atoms with van der Waals surface area (Å²) in [6, 6.07) is 9.56. The second-order valence-corrected chi connectivity index (χ2v) is 9.33. The van der Waals surface area contributed by atoms with Crippen LogP contribution in [0.5, 0.6) is 0 Å². The van der Waals surface area contributed by atoms with E-state index in [4.69, 9.17) is 11.6 Å². The minimum atomic E-state index is -0.187. The molecule has 4 heterocycles. The van der Waals surface area contributed by atoms with Crippen LogP contribution in [-0.4, -0.2) is 20.3 Å². The summed E-state index contributed by atoms with van der Waals surface area (Å²) >= 11 is 6.20. The Morgan fingerprint density at radius 2 is 2.00 bits per heavy atom. The van der Waals surface area contributed by atoms with Gasteiger partial charge in [-0.15, -0.1) is 0 Å². The molecule has 32 heavy (non-hydrogen) atoms. The van der Waals surface area contributed by atoms with Crippen LogP contribution in [0, 0.1) is 0 Å². The summed E-state index contributed by atoms with van der Waals surface area (Å²) in [6.07, 6.45) is 9.75. The number of nitrogens with zero attached hydrogens (tertiary/aromatic N) is 3. The average Bonchev–Trinajstić information content (AvgIpc) is 3.47. The van der Waals surface area contributed by atoms with E-state index in [1.807, 2.05) is 33.6 Å². The minimum Gasteiger partial charge on any atom is -0.319 e. The van der Waals surface area contributed by atoms with Crippen molar-refractivity contribution in [2.24, 2.45) is 0 Å². The number of benzene rings is 2. The van der Waals surface area contributed by atoms with Crippen molar-refractivity contribution in [3.05, 3.63) is 86.6 Å². The number of halogens is 1. The van der Waals surface area contributed by atoms with Gasteiger partial charge in [0.2, 0.25) is 0 Å². The Bertz CT molecular complexity index is 1560. The number of fused-ring (bicyclic) bond motifs is 8. The number of rotatable bonds is 1. The zero-order valence-corrected chi connectivity index (χ0v) is 17.9. The first-order valence-corrected chi connectivity index (χ1v) is 11.3. The summed E-state index contributed by atoms with van der Waals surface area (Å²) in [5.41, 5.74) is 5.57. The van der Waals surface area contributed by atoms with Crippen molar-refractivity contribution in [2.45, 2.75) is 37.6 Å². The third kappa shape index (κ3) is 2.33. The third-order valence-corrected chi connectivity index (χ3v) is 7.38.